The summed E-state index contributed by atoms with van der Waals surface area (Å²) in [5, 5.41) is 3.44. The number of nitrogens with zero attached hydrogens (tertiary/aromatic N) is 1. The lowest BCUT2D eigenvalue weighted by Gasteiger charge is -2.30. The molecule has 1 atom stereocenters. The molecule has 0 saturated heterocycles. The molecule has 2 aromatic carbocycles. The van der Waals surface area contributed by atoms with Crippen molar-refractivity contribution in [2.75, 3.05) is 13.2 Å². The Hall–Kier alpha value is -2.05. The maximum Gasteiger partial charge on any atom is 0.261 e. The number of rotatable bonds is 10. The van der Waals surface area contributed by atoms with Crippen molar-refractivity contribution < 1.29 is 14.3 Å². The van der Waals surface area contributed by atoms with E-state index < -0.39 is 6.04 Å². The Balaban J connectivity index is 2.20. The van der Waals surface area contributed by atoms with Gasteiger partial charge in [0.1, 0.15) is 11.8 Å². The first kappa shape index (κ1) is 25.2. The topological polar surface area (TPSA) is 58.6 Å². The highest BCUT2D eigenvalue weighted by molar-refractivity contribution is 9.10. The Bertz CT molecular complexity index is 887. The molecule has 2 amide bonds. The Kier molecular flexibility index (Phi) is 9.85. The highest BCUT2D eigenvalue weighted by Crippen LogP contribution is 2.29. The third kappa shape index (κ3) is 7.25. The molecular formula is C24H30BrClN2O3. The van der Waals surface area contributed by atoms with E-state index in [-0.39, 0.29) is 18.4 Å². The fourth-order valence-electron chi connectivity index (χ4n) is 3.21. The maximum atomic E-state index is 13.2. The molecule has 2 rings (SSSR count). The summed E-state index contributed by atoms with van der Waals surface area (Å²) in [7, 11) is 0. The van der Waals surface area contributed by atoms with Gasteiger partial charge >= 0.3 is 0 Å². The van der Waals surface area contributed by atoms with Crippen molar-refractivity contribution in [1.82, 2.24) is 10.2 Å². The van der Waals surface area contributed by atoms with Crippen LogP contribution in [0.5, 0.6) is 5.75 Å². The van der Waals surface area contributed by atoms with Crippen LogP contribution in [0, 0.1) is 0 Å². The molecular weight excluding hydrogens is 480 g/mol. The molecule has 0 bridgehead atoms. The van der Waals surface area contributed by atoms with Gasteiger partial charge in [-0.3, -0.25) is 9.59 Å². The van der Waals surface area contributed by atoms with Gasteiger partial charge in [0.2, 0.25) is 5.91 Å². The molecule has 0 heterocycles. The van der Waals surface area contributed by atoms with E-state index in [1.54, 1.807) is 17.0 Å². The Morgan fingerprint density at radius 1 is 1.13 bits per heavy atom. The van der Waals surface area contributed by atoms with Crippen molar-refractivity contribution in [2.45, 2.75) is 52.6 Å². The van der Waals surface area contributed by atoms with Gasteiger partial charge in [-0.25, -0.2) is 0 Å². The summed E-state index contributed by atoms with van der Waals surface area (Å²) in [6, 6.07) is 12.5. The molecule has 0 spiro atoms. The second-order valence-corrected chi connectivity index (χ2v) is 8.89. The van der Waals surface area contributed by atoms with Crippen LogP contribution in [-0.4, -0.2) is 35.9 Å². The second kappa shape index (κ2) is 12.1. The lowest BCUT2D eigenvalue weighted by molar-refractivity contribution is -0.142. The van der Waals surface area contributed by atoms with E-state index in [4.69, 9.17) is 16.3 Å². The van der Waals surface area contributed by atoms with E-state index >= 15 is 0 Å². The predicted molar refractivity (Wildman–Crippen MR) is 128 cm³/mol. The van der Waals surface area contributed by atoms with Gasteiger partial charge in [0.15, 0.2) is 6.61 Å². The number of halogens is 2. The van der Waals surface area contributed by atoms with Crippen LogP contribution in [0.2, 0.25) is 5.02 Å². The fraction of sp³-hybridized carbons (Fsp3) is 0.417. The fourth-order valence-corrected chi connectivity index (χ4v) is 3.85. The summed E-state index contributed by atoms with van der Waals surface area (Å²) in [6.45, 7) is 8.62. The van der Waals surface area contributed by atoms with Crippen LogP contribution in [0.3, 0.4) is 0 Å². The molecule has 168 valence electrons. The SMILES string of the molecule is CCNC(=O)[C@H](CC)N(Cc1ccc(Cl)cc1)C(=O)COc1ccc(C(C)C)cc1Br. The highest BCUT2D eigenvalue weighted by Gasteiger charge is 2.28. The number of benzene rings is 2. The lowest BCUT2D eigenvalue weighted by atomic mass is 10.0. The molecule has 5 nitrogen and oxygen atoms in total. The van der Waals surface area contributed by atoms with Crippen molar-refractivity contribution in [2.24, 2.45) is 0 Å². The van der Waals surface area contributed by atoms with Crippen LogP contribution in [0.15, 0.2) is 46.9 Å². The van der Waals surface area contributed by atoms with Crippen LogP contribution in [0.25, 0.3) is 0 Å². The zero-order valence-electron chi connectivity index (χ0n) is 18.5. The third-order valence-corrected chi connectivity index (χ3v) is 5.85. The van der Waals surface area contributed by atoms with Crippen molar-refractivity contribution in [3.05, 3.63) is 63.1 Å². The quantitative estimate of drug-likeness (QED) is 0.457. The monoisotopic (exact) mass is 508 g/mol. The number of hydrogen-bond acceptors (Lipinski definition) is 3. The van der Waals surface area contributed by atoms with E-state index in [9.17, 15) is 9.59 Å². The first-order chi connectivity index (χ1) is 14.8. The molecule has 0 aliphatic carbocycles. The van der Waals surface area contributed by atoms with Gasteiger partial charge in [-0.2, -0.15) is 0 Å². The summed E-state index contributed by atoms with van der Waals surface area (Å²) in [6.07, 6.45) is 0.498. The predicted octanol–water partition coefficient (Wildman–Crippen LogP) is 5.55. The smallest absolute Gasteiger partial charge is 0.261 e. The minimum absolute atomic E-state index is 0.164. The van der Waals surface area contributed by atoms with Gasteiger partial charge < -0.3 is 15.0 Å². The standard InChI is InChI=1S/C24H30BrClN2O3/c1-5-21(24(30)27-6-2)28(14-17-7-10-19(26)11-8-17)23(29)15-31-22-12-9-18(16(3)4)13-20(22)25/h7-13,16,21H,5-6,14-15H2,1-4H3,(H,27,30)/t21-/m0/s1. The van der Waals surface area contributed by atoms with Crippen LogP contribution < -0.4 is 10.1 Å². The average molecular weight is 510 g/mol. The average Bonchev–Trinajstić information content (AvgIpc) is 2.74. The third-order valence-electron chi connectivity index (χ3n) is 4.98. The normalized spacial score (nSPS) is 11.8. The van der Waals surface area contributed by atoms with E-state index in [1.807, 2.05) is 44.2 Å². The van der Waals surface area contributed by atoms with Crippen molar-refractivity contribution in [3.8, 4) is 5.75 Å². The molecule has 0 aliphatic rings. The summed E-state index contributed by atoms with van der Waals surface area (Å²) >= 11 is 9.51. The number of carbonyl (C=O) groups excluding carboxylic acids is 2. The lowest BCUT2D eigenvalue weighted by Crippen LogP contribution is -2.50. The van der Waals surface area contributed by atoms with Gasteiger partial charge in [0.05, 0.1) is 4.47 Å². The van der Waals surface area contributed by atoms with Gasteiger partial charge in [-0.1, -0.05) is 50.6 Å². The number of amides is 2. The van der Waals surface area contributed by atoms with Crippen molar-refractivity contribution in [3.63, 3.8) is 0 Å². The number of carbonyl (C=O) groups is 2. The van der Waals surface area contributed by atoms with Gasteiger partial charge in [0.25, 0.3) is 5.91 Å². The van der Waals surface area contributed by atoms with Gasteiger partial charge in [-0.15, -0.1) is 0 Å². The van der Waals surface area contributed by atoms with E-state index in [0.717, 1.165) is 10.0 Å². The summed E-state index contributed by atoms with van der Waals surface area (Å²) < 4.78 is 6.61. The number of nitrogens with one attached hydrogen (secondary N) is 1. The molecule has 0 saturated carbocycles. The summed E-state index contributed by atoms with van der Waals surface area (Å²) in [4.78, 5) is 27.4. The zero-order chi connectivity index (χ0) is 23.0. The summed E-state index contributed by atoms with van der Waals surface area (Å²) in [5.74, 6) is 0.558. The van der Waals surface area contributed by atoms with E-state index in [0.29, 0.717) is 36.2 Å². The van der Waals surface area contributed by atoms with Crippen LogP contribution in [-0.2, 0) is 16.1 Å². The second-order valence-electron chi connectivity index (χ2n) is 7.60. The van der Waals surface area contributed by atoms with E-state index in [1.165, 1.54) is 5.56 Å². The number of hydrogen-bond donors (Lipinski definition) is 1. The van der Waals surface area contributed by atoms with E-state index in [2.05, 4.69) is 35.1 Å². The van der Waals surface area contributed by atoms with Crippen molar-refractivity contribution >= 4 is 39.3 Å². The van der Waals surface area contributed by atoms with Crippen LogP contribution in [0.4, 0.5) is 0 Å². The number of likely N-dealkylation sites (N-methyl/N-ethyl adjacent to an activating group) is 1. The molecule has 7 heteroatoms. The largest absolute Gasteiger partial charge is 0.483 e. The minimum atomic E-state index is -0.585. The zero-order valence-corrected chi connectivity index (χ0v) is 20.8. The maximum absolute atomic E-state index is 13.2. The van der Waals surface area contributed by atoms with Gasteiger partial charge in [0, 0.05) is 18.1 Å². The molecule has 0 unspecified atom stereocenters. The first-order valence-corrected chi connectivity index (χ1v) is 11.7. The molecule has 0 aliphatic heterocycles. The minimum Gasteiger partial charge on any atom is -0.483 e. The van der Waals surface area contributed by atoms with Crippen LogP contribution in [0.1, 0.15) is 51.2 Å². The first-order valence-electron chi connectivity index (χ1n) is 10.5. The molecule has 0 aromatic heterocycles. The molecule has 0 fully saturated rings. The highest BCUT2D eigenvalue weighted by atomic mass is 79.9. The molecule has 0 radical (unpaired) electrons. The Morgan fingerprint density at radius 2 is 1.81 bits per heavy atom. The Labute approximate surface area is 198 Å². The molecule has 2 aromatic rings. The molecule has 1 N–H and O–H groups in total. The van der Waals surface area contributed by atoms with Crippen LogP contribution >= 0.6 is 27.5 Å². The Morgan fingerprint density at radius 3 is 2.35 bits per heavy atom. The number of ether oxygens (including phenoxy) is 1. The molecule has 31 heavy (non-hydrogen) atoms. The van der Waals surface area contributed by atoms with Gasteiger partial charge in [-0.05, 0) is 70.6 Å². The summed E-state index contributed by atoms with van der Waals surface area (Å²) in [5.41, 5.74) is 2.07. The van der Waals surface area contributed by atoms with Crippen molar-refractivity contribution in [1.29, 1.82) is 0 Å².